The highest BCUT2D eigenvalue weighted by Crippen LogP contribution is 2.30. The van der Waals surface area contributed by atoms with Gasteiger partial charge in [-0.1, -0.05) is 26.8 Å². The van der Waals surface area contributed by atoms with Crippen LogP contribution in [-0.4, -0.2) is 22.5 Å². The second-order valence-corrected chi connectivity index (χ2v) is 6.57. The number of nitrogens with one attached hydrogen (secondary N) is 1. The van der Waals surface area contributed by atoms with Crippen LogP contribution in [0.25, 0.3) is 0 Å². The van der Waals surface area contributed by atoms with E-state index in [0.29, 0.717) is 11.4 Å². The number of carbonyl (C=O) groups excluding carboxylic acids is 1. The average molecular weight is 344 g/mol. The molecule has 0 atom stereocenters. The summed E-state index contributed by atoms with van der Waals surface area (Å²) in [5, 5.41) is 23.1. The SMILES string of the molecule is CC(C)(C)c1ccc(O)c(NC(=O)COc2ccc([N+](=O)[O-])cc2)c1. The quantitative estimate of drug-likeness (QED) is 0.490. The van der Waals surface area contributed by atoms with Gasteiger partial charge in [0.1, 0.15) is 11.5 Å². The summed E-state index contributed by atoms with van der Waals surface area (Å²) in [6.07, 6.45) is 0. The van der Waals surface area contributed by atoms with Crippen molar-refractivity contribution in [3.63, 3.8) is 0 Å². The molecule has 0 aliphatic rings. The lowest BCUT2D eigenvalue weighted by Crippen LogP contribution is -2.21. The number of phenols is 1. The van der Waals surface area contributed by atoms with E-state index < -0.39 is 10.8 Å². The number of amides is 1. The van der Waals surface area contributed by atoms with Gasteiger partial charge in [-0.2, -0.15) is 0 Å². The number of benzene rings is 2. The maximum Gasteiger partial charge on any atom is 0.269 e. The number of non-ortho nitro benzene ring substituents is 1. The topological polar surface area (TPSA) is 102 Å². The first-order valence-electron chi connectivity index (χ1n) is 7.67. The lowest BCUT2D eigenvalue weighted by atomic mass is 9.87. The Morgan fingerprint density at radius 2 is 1.84 bits per heavy atom. The molecule has 0 radical (unpaired) electrons. The number of carbonyl (C=O) groups is 1. The molecule has 7 heteroatoms. The second kappa shape index (κ2) is 7.21. The number of hydrogen-bond acceptors (Lipinski definition) is 5. The third-order valence-electron chi connectivity index (χ3n) is 3.55. The third-order valence-corrected chi connectivity index (χ3v) is 3.55. The van der Waals surface area contributed by atoms with Crippen LogP contribution in [0.4, 0.5) is 11.4 Å². The molecule has 0 saturated heterocycles. The summed E-state index contributed by atoms with van der Waals surface area (Å²) < 4.78 is 5.30. The van der Waals surface area contributed by atoms with Gasteiger partial charge in [0.15, 0.2) is 6.61 Å². The molecule has 1 amide bonds. The first kappa shape index (κ1) is 18.3. The summed E-state index contributed by atoms with van der Waals surface area (Å²) in [4.78, 5) is 22.1. The van der Waals surface area contributed by atoms with Crippen molar-refractivity contribution in [2.45, 2.75) is 26.2 Å². The number of nitro benzene ring substituents is 1. The number of nitrogens with zero attached hydrogens (tertiary/aromatic N) is 1. The molecule has 0 unspecified atom stereocenters. The lowest BCUT2D eigenvalue weighted by molar-refractivity contribution is -0.384. The van der Waals surface area contributed by atoms with Crippen LogP contribution in [0.5, 0.6) is 11.5 Å². The minimum atomic E-state index is -0.512. The first-order chi connectivity index (χ1) is 11.7. The predicted molar refractivity (Wildman–Crippen MR) is 94.0 cm³/mol. The average Bonchev–Trinajstić information content (AvgIpc) is 2.54. The van der Waals surface area contributed by atoms with Gasteiger partial charge in [0.25, 0.3) is 11.6 Å². The molecule has 0 spiro atoms. The fraction of sp³-hybridized carbons (Fsp3) is 0.278. The Kier molecular flexibility index (Phi) is 5.26. The summed E-state index contributed by atoms with van der Waals surface area (Å²) in [6, 6.07) is 10.5. The van der Waals surface area contributed by atoms with Gasteiger partial charge in [-0.15, -0.1) is 0 Å². The number of hydrogen-bond donors (Lipinski definition) is 2. The van der Waals surface area contributed by atoms with Crippen molar-refractivity contribution in [3.05, 3.63) is 58.1 Å². The van der Waals surface area contributed by atoms with Crippen LogP contribution in [0.15, 0.2) is 42.5 Å². The summed E-state index contributed by atoms with van der Waals surface area (Å²) in [5.74, 6) is -0.134. The Morgan fingerprint density at radius 1 is 1.20 bits per heavy atom. The van der Waals surface area contributed by atoms with Crippen molar-refractivity contribution in [2.24, 2.45) is 0 Å². The molecule has 0 heterocycles. The van der Waals surface area contributed by atoms with Gasteiger partial charge in [0, 0.05) is 12.1 Å². The predicted octanol–water partition coefficient (Wildman–Crippen LogP) is 3.62. The van der Waals surface area contributed by atoms with Gasteiger partial charge in [0.05, 0.1) is 10.6 Å². The molecular formula is C18H20N2O5. The highest BCUT2D eigenvalue weighted by atomic mass is 16.6. The Morgan fingerprint density at radius 3 is 2.40 bits per heavy atom. The standard InChI is InChI=1S/C18H20N2O5/c1-18(2,3)12-4-9-16(21)15(10-12)19-17(22)11-25-14-7-5-13(6-8-14)20(23)24/h4-10,21H,11H2,1-3H3,(H,19,22). The second-order valence-electron chi connectivity index (χ2n) is 6.57. The number of phenolic OH excluding ortho intramolecular Hbond substituents is 1. The number of anilines is 1. The smallest absolute Gasteiger partial charge is 0.269 e. The molecule has 132 valence electrons. The zero-order valence-electron chi connectivity index (χ0n) is 14.3. The van der Waals surface area contributed by atoms with Gasteiger partial charge < -0.3 is 15.2 Å². The maximum atomic E-state index is 12.0. The zero-order valence-corrected chi connectivity index (χ0v) is 14.3. The van der Waals surface area contributed by atoms with Crippen molar-refractivity contribution in [1.29, 1.82) is 0 Å². The van der Waals surface area contributed by atoms with E-state index in [1.54, 1.807) is 12.1 Å². The van der Waals surface area contributed by atoms with E-state index in [4.69, 9.17) is 4.74 Å². The van der Waals surface area contributed by atoms with Crippen LogP contribution in [0, 0.1) is 10.1 Å². The van der Waals surface area contributed by atoms with Crippen LogP contribution >= 0.6 is 0 Å². The highest BCUT2D eigenvalue weighted by Gasteiger charge is 2.16. The van der Waals surface area contributed by atoms with E-state index in [1.165, 1.54) is 30.3 Å². The summed E-state index contributed by atoms with van der Waals surface area (Å²) in [5.41, 5.74) is 1.10. The Bertz CT molecular complexity index is 779. The molecule has 25 heavy (non-hydrogen) atoms. The fourth-order valence-corrected chi connectivity index (χ4v) is 2.10. The molecule has 0 aliphatic carbocycles. The molecule has 0 aromatic heterocycles. The molecular weight excluding hydrogens is 324 g/mol. The molecule has 0 aliphatic heterocycles. The summed E-state index contributed by atoms with van der Waals surface area (Å²) >= 11 is 0. The van der Waals surface area contributed by atoms with Gasteiger partial charge in [-0.3, -0.25) is 14.9 Å². The molecule has 0 bridgehead atoms. The highest BCUT2D eigenvalue weighted by molar-refractivity contribution is 5.93. The number of nitro groups is 1. The molecule has 2 aromatic carbocycles. The van der Waals surface area contributed by atoms with Crippen LogP contribution in [0.3, 0.4) is 0 Å². The summed E-state index contributed by atoms with van der Waals surface area (Å²) in [7, 11) is 0. The monoisotopic (exact) mass is 344 g/mol. The fourth-order valence-electron chi connectivity index (χ4n) is 2.10. The Labute approximate surface area is 145 Å². The molecule has 2 rings (SSSR count). The zero-order chi connectivity index (χ0) is 18.6. The lowest BCUT2D eigenvalue weighted by Gasteiger charge is -2.20. The minimum absolute atomic E-state index is 0.0308. The molecule has 2 aromatic rings. The van der Waals surface area contributed by atoms with E-state index in [-0.39, 0.29) is 23.5 Å². The number of aromatic hydroxyl groups is 1. The van der Waals surface area contributed by atoms with Gasteiger partial charge in [-0.25, -0.2) is 0 Å². The third kappa shape index (κ3) is 4.94. The van der Waals surface area contributed by atoms with Crippen molar-refractivity contribution in [1.82, 2.24) is 0 Å². The van der Waals surface area contributed by atoms with Crippen molar-refractivity contribution >= 4 is 17.3 Å². The number of rotatable bonds is 5. The van der Waals surface area contributed by atoms with E-state index in [9.17, 15) is 20.0 Å². The minimum Gasteiger partial charge on any atom is -0.506 e. The van der Waals surface area contributed by atoms with Crippen molar-refractivity contribution in [2.75, 3.05) is 11.9 Å². The molecule has 2 N–H and O–H groups in total. The van der Waals surface area contributed by atoms with Crippen LogP contribution < -0.4 is 10.1 Å². The van der Waals surface area contributed by atoms with E-state index in [2.05, 4.69) is 5.32 Å². The Hall–Kier alpha value is -3.09. The normalized spacial score (nSPS) is 11.0. The van der Waals surface area contributed by atoms with E-state index in [1.807, 2.05) is 20.8 Å². The van der Waals surface area contributed by atoms with Gasteiger partial charge in [0.2, 0.25) is 0 Å². The molecule has 7 nitrogen and oxygen atoms in total. The molecule has 0 fully saturated rings. The van der Waals surface area contributed by atoms with Crippen molar-refractivity contribution in [3.8, 4) is 11.5 Å². The molecule has 0 saturated carbocycles. The van der Waals surface area contributed by atoms with E-state index in [0.717, 1.165) is 5.56 Å². The first-order valence-corrected chi connectivity index (χ1v) is 7.67. The van der Waals surface area contributed by atoms with Crippen LogP contribution in [-0.2, 0) is 10.2 Å². The summed E-state index contributed by atoms with van der Waals surface area (Å²) in [6.45, 7) is 5.81. The van der Waals surface area contributed by atoms with Crippen molar-refractivity contribution < 1.29 is 19.6 Å². The van der Waals surface area contributed by atoms with E-state index >= 15 is 0 Å². The van der Waals surface area contributed by atoms with Gasteiger partial charge in [-0.05, 0) is 35.2 Å². The van der Waals surface area contributed by atoms with Crippen LogP contribution in [0.1, 0.15) is 26.3 Å². The van der Waals surface area contributed by atoms with Crippen LogP contribution in [0.2, 0.25) is 0 Å². The van der Waals surface area contributed by atoms with Gasteiger partial charge >= 0.3 is 0 Å². The number of ether oxygens (including phenoxy) is 1. The largest absolute Gasteiger partial charge is 0.506 e. The maximum absolute atomic E-state index is 12.0. The Balaban J connectivity index is 1.99.